The minimum absolute atomic E-state index is 0.0140. The molecule has 1 aromatic carbocycles. The van der Waals surface area contributed by atoms with Crippen LogP contribution in [0.4, 0.5) is 5.69 Å². The maximum Gasteiger partial charge on any atom is 0.271 e. The summed E-state index contributed by atoms with van der Waals surface area (Å²) in [6.07, 6.45) is 1.78. The van der Waals surface area contributed by atoms with Crippen molar-refractivity contribution in [2.75, 3.05) is 13.7 Å². The summed E-state index contributed by atoms with van der Waals surface area (Å²) in [7, 11) is 1.56. The number of hydrogen-bond acceptors (Lipinski definition) is 5. The summed E-state index contributed by atoms with van der Waals surface area (Å²) in [4.78, 5) is 17.7. The molecular weight excluding hydrogens is 426 g/mol. The van der Waals surface area contributed by atoms with Crippen molar-refractivity contribution < 1.29 is 9.66 Å². The van der Waals surface area contributed by atoms with E-state index in [1.54, 1.807) is 25.4 Å². The Morgan fingerprint density at radius 3 is 2.66 bits per heavy atom. The molecule has 0 aliphatic carbocycles. The Morgan fingerprint density at radius 2 is 2.03 bits per heavy atom. The topological polar surface area (TPSA) is 85.5 Å². The summed E-state index contributed by atoms with van der Waals surface area (Å²) in [5.41, 5.74) is 4.56. The Hall–Kier alpha value is -3.46. The van der Waals surface area contributed by atoms with Gasteiger partial charge in [-0.05, 0) is 62.8 Å². The van der Waals surface area contributed by atoms with Crippen LogP contribution in [0.15, 0.2) is 48.7 Å². The molecule has 0 amide bonds. The first-order valence-corrected chi connectivity index (χ1v) is 10.8. The van der Waals surface area contributed by atoms with E-state index in [1.165, 1.54) is 6.07 Å². The number of hydrogen-bond donors (Lipinski definition) is 1. The zero-order valence-corrected chi connectivity index (χ0v) is 19.2. The average Bonchev–Trinajstić information content (AvgIpc) is 3.28. The van der Waals surface area contributed by atoms with Gasteiger partial charge in [0.2, 0.25) is 0 Å². The maximum atomic E-state index is 11.4. The zero-order chi connectivity index (χ0) is 23.0. The molecule has 4 rings (SSSR count). The lowest BCUT2D eigenvalue weighted by molar-refractivity contribution is -0.384. The van der Waals surface area contributed by atoms with E-state index < -0.39 is 4.92 Å². The van der Waals surface area contributed by atoms with Crippen molar-refractivity contribution in [2.45, 2.75) is 32.9 Å². The van der Waals surface area contributed by atoms with Gasteiger partial charge in [-0.15, -0.1) is 0 Å². The van der Waals surface area contributed by atoms with Gasteiger partial charge in [0.05, 0.1) is 35.5 Å². The summed E-state index contributed by atoms with van der Waals surface area (Å²) >= 11 is 5.64. The monoisotopic (exact) mass is 451 g/mol. The molecule has 2 aromatic heterocycles. The third kappa shape index (κ3) is 3.58. The fraction of sp³-hybridized carbons (Fsp3) is 0.304. The molecule has 9 heteroatoms. The van der Waals surface area contributed by atoms with Gasteiger partial charge < -0.3 is 19.5 Å². The number of likely N-dealkylation sites (N-methyl/N-ethyl adjacent to an activating group) is 1. The molecule has 0 radical (unpaired) electrons. The second-order valence-corrected chi connectivity index (χ2v) is 8.07. The third-order valence-corrected chi connectivity index (χ3v) is 6.29. The Kier molecular flexibility index (Phi) is 5.84. The molecule has 1 N–H and O–H groups in total. The number of aryl methyl sites for hydroxylation is 1. The van der Waals surface area contributed by atoms with Crippen molar-refractivity contribution in [3.05, 3.63) is 81.4 Å². The minimum atomic E-state index is -0.396. The van der Waals surface area contributed by atoms with Crippen LogP contribution in [-0.2, 0) is 0 Å². The van der Waals surface area contributed by atoms with E-state index in [0.29, 0.717) is 16.5 Å². The number of nitro benzene ring substituents is 1. The van der Waals surface area contributed by atoms with Crippen LogP contribution in [0.2, 0.25) is 0 Å². The molecule has 0 spiro atoms. The van der Waals surface area contributed by atoms with Crippen LogP contribution < -0.4 is 10.1 Å². The Balaban J connectivity index is 1.88. The number of pyridine rings is 1. The second-order valence-electron chi connectivity index (χ2n) is 7.69. The summed E-state index contributed by atoms with van der Waals surface area (Å²) in [6, 6.07) is 12.4. The molecule has 32 heavy (non-hydrogen) atoms. The first-order chi connectivity index (χ1) is 15.4. The van der Waals surface area contributed by atoms with Crippen LogP contribution in [0, 0.1) is 24.0 Å². The molecule has 1 fully saturated rings. The predicted octanol–water partition coefficient (Wildman–Crippen LogP) is 4.40. The van der Waals surface area contributed by atoms with Crippen molar-refractivity contribution in [1.29, 1.82) is 0 Å². The molecule has 1 saturated heterocycles. The molecular formula is C23H25N5O3S. The van der Waals surface area contributed by atoms with E-state index in [-0.39, 0.29) is 17.8 Å². The van der Waals surface area contributed by atoms with E-state index in [4.69, 9.17) is 17.0 Å². The van der Waals surface area contributed by atoms with Gasteiger partial charge in [0.15, 0.2) is 5.11 Å². The van der Waals surface area contributed by atoms with Crippen molar-refractivity contribution in [1.82, 2.24) is 19.8 Å². The third-order valence-electron chi connectivity index (χ3n) is 5.94. The van der Waals surface area contributed by atoms with Crippen LogP contribution in [0.3, 0.4) is 0 Å². The van der Waals surface area contributed by atoms with Crippen LogP contribution in [0.25, 0.3) is 5.69 Å². The maximum absolute atomic E-state index is 11.4. The number of non-ortho nitro benzene ring substituents is 1. The van der Waals surface area contributed by atoms with Gasteiger partial charge >= 0.3 is 0 Å². The van der Waals surface area contributed by atoms with Crippen molar-refractivity contribution in [3.8, 4) is 11.4 Å². The highest BCUT2D eigenvalue weighted by atomic mass is 32.1. The number of rotatable bonds is 6. The van der Waals surface area contributed by atoms with Crippen LogP contribution in [0.1, 0.15) is 41.7 Å². The summed E-state index contributed by atoms with van der Waals surface area (Å²) < 4.78 is 7.54. The lowest BCUT2D eigenvalue weighted by atomic mass is 9.97. The summed E-state index contributed by atoms with van der Waals surface area (Å²) in [5, 5.41) is 15.5. The molecule has 3 aromatic rings. The smallest absolute Gasteiger partial charge is 0.271 e. The SMILES string of the molecule is CCN1C(=S)N[C@H](c2ccccn2)[C@@H]1c1cc(C)n(-c2cc([N+](=O)[O-])ccc2OC)c1C. The number of nitrogens with one attached hydrogen (secondary N) is 1. The lowest BCUT2D eigenvalue weighted by Crippen LogP contribution is -2.29. The molecule has 1 aliphatic heterocycles. The Bertz CT molecular complexity index is 1180. The predicted molar refractivity (Wildman–Crippen MR) is 126 cm³/mol. The second kappa shape index (κ2) is 8.58. The van der Waals surface area contributed by atoms with Crippen LogP contribution in [-0.4, -0.2) is 38.1 Å². The molecule has 0 saturated carbocycles. The summed E-state index contributed by atoms with van der Waals surface area (Å²) in [6.45, 7) is 6.82. The number of thiocarbonyl (C=S) groups is 1. The lowest BCUT2D eigenvalue weighted by Gasteiger charge is -2.27. The van der Waals surface area contributed by atoms with Gasteiger partial charge in [-0.3, -0.25) is 15.1 Å². The Labute approximate surface area is 192 Å². The van der Waals surface area contributed by atoms with Gasteiger partial charge in [-0.2, -0.15) is 0 Å². The molecule has 1 aliphatic rings. The number of nitrogens with zero attached hydrogens (tertiary/aromatic N) is 4. The molecule has 0 unspecified atom stereocenters. The molecule has 2 atom stereocenters. The highest BCUT2D eigenvalue weighted by Crippen LogP contribution is 2.42. The van der Waals surface area contributed by atoms with Crippen LogP contribution >= 0.6 is 12.2 Å². The first kappa shape index (κ1) is 21.8. The van der Waals surface area contributed by atoms with Crippen LogP contribution in [0.5, 0.6) is 5.75 Å². The average molecular weight is 452 g/mol. The number of ether oxygens (including phenoxy) is 1. The van der Waals surface area contributed by atoms with Gasteiger partial charge in [0.25, 0.3) is 5.69 Å². The highest BCUT2D eigenvalue weighted by Gasteiger charge is 2.40. The van der Waals surface area contributed by atoms with Crippen molar-refractivity contribution in [2.24, 2.45) is 0 Å². The quantitative estimate of drug-likeness (QED) is 0.338. The minimum Gasteiger partial charge on any atom is -0.495 e. The van der Waals surface area contributed by atoms with Crippen molar-refractivity contribution in [3.63, 3.8) is 0 Å². The van der Waals surface area contributed by atoms with E-state index in [1.807, 2.05) is 36.6 Å². The largest absolute Gasteiger partial charge is 0.495 e. The van der Waals surface area contributed by atoms with E-state index in [0.717, 1.165) is 29.2 Å². The molecule has 0 bridgehead atoms. The fourth-order valence-corrected chi connectivity index (χ4v) is 4.88. The van der Waals surface area contributed by atoms with E-state index >= 15 is 0 Å². The standard InChI is InChI=1S/C23H25N5O3S/c1-5-26-22(21(25-23(26)32)18-8-6-7-11-24-18)17-12-14(2)27(15(17)3)19-13-16(28(29)30)9-10-20(19)31-4/h6-13,21-22H,5H2,1-4H3,(H,25,32)/t21-,22+/m1/s1. The Morgan fingerprint density at radius 1 is 1.25 bits per heavy atom. The number of methoxy groups -OCH3 is 1. The van der Waals surface area contributed by atoms with Gasteiger partial charge in [-0.1, -0.05) is 6.07 Å². The summed E-state index contributed by atoms with van der Waals surface area (Å²) in [5.74, 6) is 0.567. The molecule has 166 valence electrons. The fourth-order valence-electron chi connectivity index (χ4n) is 4.51. The van der Waals surface area contributed by atoms with E-state index in [2.05, 4.69) is 28.2 Å². The van der Waals surface area contributed by atoms with Gasteiger partial charge in [-0.25, -0.2) is 0 Å². The number of aromatic nitrogens is 2. The van der Waals surface area contributed by atoms with Gasteiger partial charge in [0, 0.05) is 36.3 Å². The van der Waals surface area contributed by atoms with Crippen molar-refractivity contribution >= 4 is 23.0 Å². The zero-order valence-electron chi connectivity index (χ0n) is 18.4. The normalized spacial score (nSPS) is 18.0. The highest BCUT2D eigenvalue weighted by molar-refractivity contribution is 7.80. The first-order valence-electron chi connectivity index (χ1n) is 10.4. The number of nitro groups is 1. The van der Waals surface area contributed by atoms with E-state index in [9.17, 15) is 10.1 Å². The molecule has 8 nitrogen and oxygen atoms in total. The number of benzene rings is 1. The van der Waals surface area contributed by atoms with Gasteiger partial charge in [0.1, 0.15) is 5.75 Å². The molecule has 3 heterocycles.